The van der Waals surface area contributed by atoms with Crippen LogP contribution in [0, 0.1) is 13.8 Å². The minimum absolute atomic E-state index is 0.0600. The normalized spacial score (nSPS) is 12.3. The molecule has 124 valence electrons. The first-order valence-electron chi connectivity index (χ1n) is 8.62. The molecule has 1 nitrogen and oxygen atoms in total. The number of aryl methyl sites for hydroxylation is 2. The molecule has 2 rings (SSSR count). The number of allylic oxidation sites excluding steroid dienone is 4. The number of rotatable bonds is 6. The maximum Gasteiger partial charge on any atom is 0.179 e. The molecule has 0 atom stereocenters. The zero-order valence-electron chi connectivity index (χ0n) is 15.1. The highest BCUT2D eigenvalue weighted by Gasteiger charge is 2.05. The van der Waals surface area contributed by atoms with Crippen LogP contribution in [-0.4, -0.2) is 5.78 Å². The molecule has 0 N–H and O–H groups in total. The molecule has 24 heavy (non-hydrogen) atoms. The summed E-state index contributed by atoms with van der Waals surface area (Å²) in [6.07, 6.45) is 5.23. The summed E-state index contributed by atoms with van der Waals surface area (Å²) < 4.78 is 0. The number of hydrogen-bond donors (Lipinski definition) is 0. The van der Waals surface area contributed by atoms with E-state index in [-0.39, 0.29) is 5.78 Å². The number of hydrogen-bond acceptors (Lipinski definition) is 1. The molecule has 0 aliphatic heterocycles. The van der Waals surface area contributed by atoms with Gasteiger partial charge in [-0.25, -0.2) is 0 Å². The van der Waals surface area contributed by atoms with Crippen molar-refractivity contribution in [1.29, 1.82) is 0 Å². The van der Waals surface area contributed by atoms with Gasteiger partial charge in [-0.05, 0) is 61.1 Å². The highest BCUT2D eigenvalue weighted by Crippen LogP contribution is 2.21. The van der Waals surface area contributed by atoms with Crippen molar-refractivity contribution in [2.24, 2.45) is 0 Å². The predicted octanol–water partition coefficient (Wildman–Crippen LogP) is 6.16. The van der Waals surface area contributed by atoms with Crippen molar-refractivity contribution in [1.82, 2.24) is 0 Å². The van der Waals surface area contributed by atoms with Gasteiger partial charge in [-0.1, -0.05) is 73.5 Å². The SMILES string of the molecule is CCC(=CC(=O)C=C(CC)c1ccc(C)cc1)c1ccc(C)cc1. The van der Waals surface area contributed by atoms with Crippen molar-refractivity contribution in [2.45, 2.75) is 40.5 Å². The van der Waals surface area contributed by atoms with Crippen molar-refractivity contribution in [2.75, 3.05) is 0 Å². The first-order valence-corrected chi connectivity index (χ1v) is 8.62. The molecule has 0 aliphatic carbocycles. The molecule has 2 aromatic carbocycles. The van der Waals surface area contributed by atoms with Gasteiger partial charge in [-0.2, -0.15) is 0 Å². The second-order valence-corrected chi connectivity index (χ2v) is 6.18. The molecule has 0 spiro atoms. The predicted molar refractivity (Wildman–Crippen MR) is 104 cm³/mol. The third-order valence-electron chi connectivity index (χ3n) is 4.24. The van der Waals surface area contributed by atoms with Gasteiger partial charge in [0.2, 0.25) is 0 Å². The van der Waals surface area contributed by atoms with E-state index in [0.29, 0.717) is 0 Å². The Morgan fingerprint density at radius 2 is 1.04 bits per heavy atom. The Bertz CT molecular complexity index is 678. The molecule has 0 amide bonds. The second-order valence-electron chi connectivity index (χ2n) is 6.18. The maximum atomic E-state index is 12.5. The molecule has 0 aliphatic rings. The lowest BCUT2D eigenvalue weighted by molar-refractivity contribution is -0.110. The van der Waals surface area contributed by atoms with Gasteiger partial charge < -0.3 is 0 Å². The average Bonchev–Trinajstić information content (AvgIpc) is 2.59. The fraction of sp³-hybridized carbons (Fsp3) is 0.261. The molecule has 1 heteroatoms. The summed E-state index contributed by atoms with van der Waals surface area (Å²) in [5.41, 5.74) is 6.86. The number of carbonyl (C=O) groups excluding carboxylic acids is 1. The first-order chi connectivity index (χ1) is 11.5. The Balaban J connectivity index is 2.27. The van der Waals surface area contributed by atoms with E-state index in [4.69, 9.17) is 0 Å². The van der Waals surface area contributed by atoms with E-state index in [9.17, 15) is 4.79 Å². The van der Waals surface area contributed by atoms with Crippen LogP contribution in [0.3, 0.4) is 0 Å². The van der Waals surface area contributed by atoms with Crippen molar-refractivity contribution < 1.29 is 4.79 Å². The van der Waals surface area contributed by atoms with Crippen molar-refractivity contribution in [3.05, 3.63) is 82.9 Å². The molecule has 0 saturated heterocycles. The van der Waals surface area contributed by atoms with E-state index in [1.54, 1.807) is 12.2 Å². The van der Waals surface area contributed by atoms with E-state index in [0.717, 1.165) is 35.1 Å². The molecule has 0 heterocycles. The van der Waals surface area contributed by atoms with Crippen LogP contribution < -0.4 is 0 Å². The minimum Gasteiger partial charge on any atom is -0.290 e. The smallest absolute Gasteiger partial charge is 0.179 e. The van der Waals surface area contributed by atoms with Crippen molar-refractivity contribution >= 4 is 16.9 Å². The summed E-state index contributed by atoms with van der Waals surface area (Å²) in [5, 5.41) is 0. The zero-order valence-corrected chi connectivity index (χ0v) is 15.1. The summed E-state index contributed by atoms with van der Waals surface area (Å²) in [6, 6.07) is 16.7. The van der Waals surface area contributed by atoms with Gasteiger partial charge in [0.15, 0.2) is 5.78 Å². The van der Waals surface area contributed by atoms with Gasteiger partial charge in [0.25, 0.3) is 0 Å². The zero-order chi connectivity index (χ0) is 17.5. The Hall–Kier alpha value is -2.41. The Labute approximate surface area is 145 Å². The lowest BCUT2D eigenvalue weighted by atomic mass is 9.98. The van der Waals surface area contributed by atoms with E-state index in [1.807, 2.05) is 0 Å². The number of ketones is 1. The lowest BCUT2D eigenvalue weighted by Crippen LogP contribution is -1.94. The highest BCUT2D eigenvalue weighted by atomic mass is 16.1. The second kappa shape index (κ2) is 8.44. The van der Waals surface area contributed by atoms with Crippen molar-refractivity contribution in [3.63, 3.8) is 0 Å². The van der Waals surface area contributed by atoms with Crippen LogP contribution in [0.15, 0.2) is 60.7 Å². The van der Waals surface area contributed by atoms with Crippen LogP contribution in [0.1, 0.15) is 48.9 Å². The van der Waals surface area contributed by atoms with E-state index >= 15 is 0 Å². The quantitative estimate of drug-likeness (QED) is 0.583. The van der Waals surface area contributed by atoms with Crippen molar-refractivity contribution in [3.8, 4) is 0 Å². The fourth-order valence-corrected chi connectivity index (χ4v) is 2.70. The number of benzene rings is 2. The van der Waals surface area contributed by atoms with Gasteiger partial charge in [-0.15, -0.1) is 0 Å². The molecular formula is C23H26O. The van der Waals surface area contributed by atoms with E-state index in [2.05, 4.69) is 76.2 Å². The largest absolute Gasteiger partial charge is 0.290 e. The Kier molecular flexibility index (Phi) is 6.31. The van der Waals surface area contributed by atoms with E-state index in [1.165, 1.54) is 11.1 Å². The third-order valence-corrected chi connectivity index (χ3v) is 4.24. The van der Waals surface area contributed by atoms with E-state index < -0.39 is 0 Å². The van der Waals surface area contributed by atoms with Gasteiger partial charge >= 0.3 is 0 Å². The van der Waals surface area contributed by atoms with Crippen LogP contribution in [-0.2, 0) is 4.79 Å². The molecule has 0 fully saturated rings. The van der Waals surface area contributed by atoms with Crippen LogP contribution in [0.25, 0.3) is 11.1 Å². The Morgan fingerprint density at radius 1 is 0.708 bits per heavy atom. The Morgan fingerprint density at radius 3 is 1.33 bits per heavy atom. The maximum absolute atomic E-state index is 12.5. The van der Waals surface area contributed by atoms with Crippen LogP contribution in [0.4, 0.5) is 0 Å². The van der Waals surface area contributed by atoms with Crippen LogP contribution in [0.5, 0.6) is 0 Å². The first kappa shape index (κ1) is 17.9. The van der Waals surface area contributed by atoms with Crippen LogP contribution >= 0.6 is 0 Å². The lowest BCUT2D eigenvalue weighted by Gasteiger charge is -2.07. The third kappa shape index (κ3) is 4.79. The van der Waals surface area contributed by atoms with Gasteiger partial charge in [0.05, 0.1) is 0 Å². The molecule has 2 aromatic rings. The topological polar surface area (TPSA) is 17.1 Å². The molecule has 0 bridgehead atoms. The monoisotopic (exact) mass is 318 g/mol. The molecule has 0 aromatic heterocycles. The van der Waals surface area contributed by atoms with Gasteiger partial charge in [-0.3, -0.25) is 4.79 Å². The van der Waals surface area contributed by atoms with Gasteiger partial charge in [0, 0.05) is 0 Å². The molecule has 0 radical (unpaired) electrons. The summed E-state index contributed by atoms with van der Waals surface area (Å²) in [4.78, 5) is 12.5. The summed E-state index contributed by atoms with van der Waals surface area (Å²) >= 11 is 0. The van der Waals surface area contributed by atoms with Gasteiger partial charge in [0.1, 0.15) is 0 Å². The summed E-state index contributed by atoms with van der Waals surface area (Å²) in [5.74, 6) is 0.0600. The molecular weight excluding hydrogens is 292 g/mol. The molecule has 0 saturated carbocycles. The average molecular weight is 318 g/mol. The summed E-state index contributed by atoms with van der Waals surface area (Å²) in [7, 11) is 0. The summed E-state index contributed by atoms with van der Waals surface area (Å²) in [6.45, 7) is 8.32. The fourth-order valence-electron chi connectivity index (χ4n) is 2.70. The number of carbonyl (C=O) groups is 1. The highest BCUT2D eigenvalue weighted by molar-refractivity contribution is 6.08. The standard InChI is InChI=1S/C23H26O/c1-5-19(21-11-7-17(3)8-12-21)15-23(24)16-20(6-2)22-13-9-18(4)10-14-22/h7-16H,5-6H2,1-4H3. The van der Waals surface area contributed by atoms with Crippen LogP contribution in [0.2, 0.25) is 0 Å². The minimum atomic E-state index is 0.0600. The molecule has 0 unspecified atom stereocenters.